The minimum Gasteiger partial charge on any atom is -0.383 e. The summed E-state index contributed by atoms with van der Waals surface area (Å²) in [6, 6.07) is 11.5. The summed E-state index contributed by atoms with van der Waals surface area (Å²) in [4.78, 5) is 17.8. The van der Waals surface area contributed by atoms with Crippen molar-refractivity contribution in [3.05, 3.63) is 48.3 Å². The van der Waals surface area contributed by atoms with Crippen molar-refractivity contribution in [1.82, 2.24) is 14.6 Å². The van der Waals surface area contributed by atoms with Crippen molar-refractivity contribution in [2.24, 2.45) is 0 Å². The molecule has 0 atom stereocenters. The number of benzene rings is 1. The molecule has 1 aromatic carbocycles. The summed E-state index contributed by atoms with van der Waals surface area (Å²) in [6.07, 6.45) is 3.14. The van der Waals surface area contributed by atoms with E-state index in [1.54, 1.807) is 22.7 Å². The first kappa shape index (κ1) is 16.6. The first-order valence-corrected chi connectivity index (χ1v) is 7.76. The second-order valence-electron chi connectivity index (χ2n) is 5.45. The van der Waals surface area contributed by atoms with Crippen LogP contribution in [0.2, 0.25) is 0 Å². The maximum Gasteiger partial charge on any atom is 0.223 e. The zero-order valence-corrected chi connectivity index (χ0v) is 14.0. The molecular weight excluding hydrogens is 318 g/mol. The van der Waals surface area contributed by atoms with Gasteiger partial charge in [-0.05, 0) is 18.2 Å². The molecule has 1 amide bonds. The lowest BCUT2D eigenvalue weighted by atomic mass is 10.1. The Morgan fingerprint density at radius 3 is 2.96 bits per heavy atom. The average Bonchev–Trinajstić information content (AvgIpc) is 3.05. The lowest BCUT2D eigenvalue weighted by Gasteiger charge is -2.21. The SMILES string of the molecule is COCCN(C(C)=O)c1cccc(-c2ccnc3c(C#N)cnn23)c1. The lowest BCUT2D eigenvalue weighted by molar-refractivity contribution is -0.116. The van der Waals surface area contributed by atoms with Crippen LogP contribution in [-0.4, -0.2) is 40.8 Å². The van der Waals surface area contributed by atoms with Crippen LogP contribution in [0.5, 0.6) is 0 Å². The molecule has 25 heavy (non-hydrogen) atoms. The molecule has 0 aliphatic rings. The van der Waals surface area contributed by atoms with Crippen molar-refractivity contribution >= 4 is 17.2 Å². The van der Waals surface area contributed by atoms with Crippen LogP contribution in [0.3, 0.4) is 0 Å². The van der Waals surface area contributed by atoms with Gasteiger partial charge in [-0.1, -0.05) is 12.1 Å². The van der Waals surface area contributed by atoms with E-state index in [1.165, 1.54) is 13.1 Å². The van der Waals surface area contributed by atoms with Crippen LogP contribution in [0.1, 0.15) is 12.5 Å². The second kappa shape index (κ2) is 7.11. The van der Waals surface area contributed by atoms with Crippen LogP contribution in [0, 0.1) is 11.3 Å². The largest absolute Gasteiger partial charge is 0.383 e. The Balaban J connectivity index is 2.06. The third-order valence-corrected chi connectivity index (χ3v) is 3.87. The number of hydrogen-bond acceptors (Lipinski definition) is 5. The molecule has 126 valence electrons. The third-order valence-electron chi connectivity index (χ3n) is 3.87. The van der Waals surface area contributed by atoms with E-state index in [0.29, 0.717) is 24.4 Å². The molecule has 0 saturated carbocycles. The Kier molecular flexibility index (Phi) is 4.73. The number of rotatable bonds is 5. The van der Waals surface area contributed by atoms with E-state index >= 15 is 0 Å². The van der Waals surface area contributed by atoms with Gasteiger partial charge in [0.2, 0.25) is 5.91 Å². The summed E-state index contributed by atoms with van der Waals surface area (Å²) < 4.78 is 6.71. The number of methoxy groups -OCH3 is 1. The monoisotopic (exact) mass is 335 g/mol. The molecule has 2 aromatic heterocycles. The molecule has 3 rings (SSSR count). The summed E-state index contributed by atoms with van der Waals surface area (Å²) >= 11 is 0. The van der Waals surface area contributed by atoms with Gasteiger partial charge in [-0.25, -0.2) is 9.50 Å². The number of nitriles is 1. The van der Waals surface area contributed by atoms with Gasteiger partial charge in [0.1, 0.15) is 11.6 Å². The fraction of sp³-hybridized carbons (Fsp3) is 0.222. The van der Waals surface area contributed by atoms with Crippen LogP contribution in [0.4, 0.5) is 5.69 Å². The van der Waals surface area contributed by atoms with Gasteiger partial charge >= 0.3 is 0 Å². The van der Waals surface area contributed by atoms with Crippen molar-refractivity contribution in [2.45, 2.75) is 6.92 Å². The molecule has 0 aliphatic carbocycles. The molecule has 3 aromatic rings. The molecule has 0 saturated heterocycles. The minimum absolute atomic E-state index is 0.0556. The molecular formula is C18H17N5O2. The lowest BCUT2D eigenvalue weighted by Crippen LogP contribution is -2.31. The van der Waals surface area contributed by atoms with Crippen molar-refractivity contribution in [2.75, 3.05) is 25.2 Å². The van der Waals surface area contributed by atoms with Crippen LogP contribution in [0.15, 0.2) is 42.7 Å². The molecule has 0 fully saturated rings. The number of ether oxygens (including phenoxy) is 1. The number of carbonyl (C=O) groups is 1. The zero-order valence-electron chi connectivity index (χ0n) is 14.0. The van der Waals surface area contributed by atoms with Gasteiger partial charge in [0.15, 0.2) is 5.65 Å². The predicted octanol–water partition coefficient (Wildman–Crippen LogP) is 2.27. The highest BCUT2D eigenvalue weighted by Gasteiger charge is 2.14. The highest BCUT2D eigenvalue weighted by Crippen LogP contribution is 2.25. The van der Waals surface area contributed by atoms with Gasteiger partial charge in [0.05, 0.1) is 18.5 Å². The van der Waals surface area contributed by atoms with Gasteiger partial charge < -0.3 is 9.64 Å². The number of nitrogens with zero attached hydrogens (tertiary/aromatic N) is 5. The molecule has 7 nitrogen and oxygen atoms in total. The van der Waals surface area contributed by atoms with Crippen LogP contribution in [0.25, 0.3) is 16.9 Å². The van der Waals surface area contributed by atoms with Gasteiger partial charge in [-0.15, -0.1) is 0 Å². The number of fused-ring (bicyclic) bond motifs is 1. The van der Waals surface area contributed by atoms with Gasteiger partial charge in [-0.2, -0.15) is 10.4 Å². The Hall–Kier alpha value is -3.24. The Labute approximate surface area is 145 Å². The Morgan fingerprint density at radius 2 is 2.24 bits per heavy atom. The van der Waals surface area contributed by atoms with E-state index in [9.17, 15) is 4.79 Å². The third kappa shape index (κ3) is 3.20. The molecule has 0 unspecified atom stereocenters. The maximum atomic E-state index is 12.0. The normalized spacial score (nSPS) is 10.6. The standard InChI is InChI=1S/C18H17N5O2/c1-13(24)22(8-9-25-2)16-5-3-4-14(10-16)17-6-7-20-18-15(11-19)12-21-23(17)18/h3-7,10,12H,8-9H2,1-2H3. The summed E-state index contributed by atoms with van der Waals surface area (Å²) in [5.41, 5.74) is 3.38. The van der Waals surface area contributed by atoms with E-state index in [-0.39, 0.29) is 5.91 Å². The molecule has 0 bridgehead atoms. The number of amides is 1. The molecule has 0 spiro atoms. The maximum absolute atomic E-state index is 12.0. The Bertz CT molecular complexity index is 957. The molecule has 0 N–H and O–H groups in total. The molecule has 0 radical (unpaired) electrons. The second-order valence-corrected chi connectivity index (χ2v) is 5.45. The highest BCUT2D eigenvalue weighted by atomic mass is 16.5. The fourth-order valence-electron chi connectivity index (χ4n) is 2.67. The smallest absolute Gasteiger partial charge is 0.223 e. The molecule has 2 heterocycles. The van der Waals surface area contributed by atoms with E-state index in [0.717, 1.165) is 16.9 Å². The van der Waals surface area contributed by atoms with Crippen LogP contribution in [-0.2, 0) is 9.53 Å². The summed E-state index contributed by atoms with van der Waals surface area (Å²) in [5.74, 6) is -0.0556. The van der Waals surface area contributed by atoms with Crippen LogP contribution >= 0.6 is 0 Å². The average molecular weight is 335 g/mol. The molecule has 0 aliphatic heterocycles. The van der Waals surface area contributed by atoms with Crippen molar-refractivity contribution in [1.29, 1.82) is 5.26 Å². The van der Waals surface area contributed by atoms with E-state index in [1.807, 2.05) is 30.3 Å². The Morgan fingerprint density at radius 1 is 1.40 bits per heavy atom. The number of carbonyl (C=O) groups excluding carboxylic acids is 1. The topological polar surface area (TPSA) is 83.5 Å². The van der Waals surface area contributed by atoms with E-state index < -0.39 is 0 Å². The minimum atomic E-state index is -0.0556. The first-order valence-electron chi connectivity index (χ1n) is 7.76. The van der Waals surface area contributed by atoms with Gasteiger partial charge in [-0.3, -0.25) is 4.79 Å². The quantitative estimate of drug-likeness (QED) is 0.714. The van der Waals surface area contributed by atoms with Crippen molar-refractivity contribution < 1.29 is 9.53 Å². The molecule has 7 heteroatoms. The van der Waals surface area contributed by atoms with Crippen molar-refractivity contribution in [3.63, 3.8) is 0 Å². The summed E-state index contributed by atoms with van der Waals surface area (Å²) in [5, 5.41) is 13.4. The highest BCUT2D eigenvalue weighted by molar-refractivity contribution is 5.92. The zero-order chi connectivity index (χ0) is 17.8. The van der Waals surface area contributed by atoms with Gasteiger partial charge in [0.25, 0.3) is 0 Å². The van der Waals surface area contributed by atoms with Crippen LogP contribution < -0.4 is 4.90 Å². The summed E-state index contributed by atoms with van der Waals surface area (Å²) in [6.45, 7) is 2.45. The predicted molar refractivity (Wildman–Crippen MR) is 93.0 cm³/mol. The number of anilines is 1. The van der Waals surface area contributed by atoms with Crippen molar-refractivity contribution in [3.8, 4) is 17.3 Å². The fourth-order valence-corrected chi connectivity index (χ4v) is 2.67. The summed E-state index contributed by atoms with van der Waals surface area (Å²) in [7, 11) is 1.60. The number of hydrogen-bond donors (Lipinski definition) is 0. The van der Waals surface area contributed by atoms with Gasteiger partial charge in [0, 0.05) is 38.0 Å². The van der Waals surface area contributed by atoms with E-state index in [2.05, 4.69) is 16.2 Å². The first-order chi connectivity index (χ1) is 12.2. The number of aromatic nitrogens is 3. The van der Waals surface area contributed by atoms with E-state index in [4.69, 9.17) is 10.00 Å².